The molecular weight excluding hydrogens is 326 g/mol. The van der Waals surface area contributed by atoms with E-state index in [2.05, 4.69) is 26.6 Å². The number of benzene rings is 1. The van der Waals surface area contributed by atoms with Gasteiger partial charge in [0, 0.05) is 16.6 Å². The molecule has 2 amide bonds. The first-order valence-electron chi connectivity index (χ1n) is 6.58. The Labute approximate surface area is 125 Å². The monoisotopic (exact) mass is 341 g/mol. The quantitative estimate of drug-likeness (QED) is 0.647. The summed E-state index contributed by atoms with van der Waals surface area (Å²) in [5, 5.41) is 16.4. The number of nitro groups is 1. The number of hydrogen-bond donors (Lipinski definition) is 2. The van der Waals surface area contributed by atoms with Crippen molar-refractivity contribution in [3.05, 3.63) is 32.8 Å². The van der Waals surface area contributed by atoms with Crippen LogP contribution in [0.3, 0.4) is 0 Å². The first-order valence-corrected chi connectivity index (χ1v) is 7.37. The molecule has 0 atom stereocenters. The Hall–Kier alpha value is -1.63. The molecule has 1 aromatic rings. The molecular formula is C13H16BrN3O3. The normalized spacial score (nSPS) is 15.7. The number of carbonyl (C=O) groups excluding carboxylic acids is 1. The molecule has 2 rings (SSSR count). The molecule has 0 unspecified atom stereocenters. The number of rotatable bonds is 3. The van der Waals surface area contributed by atoms with Gasteiger partial charge in [-0.1, -0.05) is 35.2 Å². The second-order valence-electron chi connectivity index (χ2n) is 4.85. The number of urea groups is 1. The number of amides is 2. The molecule has 0 radical (unpaired) electrons. The van der Waals surface area contributed by atoms with E-state index in [1.807, 2.05) is 0 Å². The molecule has 0 spiro atoms. The molecule has 20 heavy (non-hydrogen) atoms. The molecule has 1 fully saturated rings. The van der Waals surface area contributed by atoms with Gasteiger partial charge in [-0.25, -0.2) is 4.79 Å². The first-order chi connectivity index (χ1) is 9.56. The molecule has 1 aromatic carbocycles. The van der Waals surface area contributed by atoms with Crippen LogP contribution in [0, 0.1) is 10.1 Å². The van der Waals surface area contributed by atoms with Gasteiger partial charge in [-0.15, -0.1) is 0 Å². The summed E-state index contributed by atoms with van der Waals surface area (Å²) in [6.45, 7) is 0. The summed E-state index contributed by atoms with van der Waals surface area (Å²) >= 11 is 3.18. The lowest BCUT2D eigenvalue weighted by Gasteiger charge is -2.22. The lowest BCUT2D eigenvalue weighted by molar-refractivity contribution is -0.384. The fourth-order valence-corrected chi connectivity index (χ4v) is 2.70. The van der Waals surface area contributed by atoms with Crippen molar-refractivity contribution < 1.29 is 9.72 Å². The summed E-state index contributed by atoms with van der Waals surface area (Å²) in [5.74, 6) is 0. The Kier molecular flexibility index (Phi) is 4.94. The van der Waals surface area contributed by atoms with Crippen LogP contribution in [0.1, 0.15) is 32.1 Å². The number of nitrogens with one attached hydrogen (secondary N) is 2. The van der Waals surface area contributed by atoms with Crippen LogP contribution in [0.2, 0.25) is 0 Å². The maximum atomic E-state index is 11.9. The molecule has 2 N–H and O–H groups in total. The van der Waals surface area contributed by atoms with E-state index in [0.717, 1.165) is 25.7 Å². The Morgan fingerprint density at radius 1 is 1.30 bits per heavy atom. The highest BCUT2D eigenvalue weighted by Gasteiger charge is 2.19. The molecule has 1 aliphatic rings. The van der Waals surface area contributed by atoms with Crippen LogP contribution in [-0.2, 0) is 0 Å². The smallest absolute Gasteiger partial charge is 0.319 e. The van der Waals surface area contributed by atoms with Crippen LogP contribution in [-0.4, -0.2) is 17.0 Å². The van der Waals surface area contributed by atoms with Gasteiger partial charge in [0.15, 0.2) is 0 Å². The van der Waals surface area contributed by atoms with E-state index in [9.17, 15) is 14.9 Å². The van der Waals surface area contributed by atoms with Gasteiger partial charge in [0.05, 0.1) is 4.92 Å². The van der Waals surface area contributed by atoms with Crippen molar-refractivity contribution in [1.82, 2.24) is 5.32 Å². The highest BCUT2D eigenvalue weighted by molar-refractivity contribution is 9.10. The summed E-state index contributed by atoms with van der Waals surface area (Å²) in [7, 11) is 0. The van der Waals surface area contributed by atoms with Crippen molar-refractivity contribution in [2.75, 3.05) is 5.32 Å². The van der Waals surface area contributed by atoms with Gasteiger partial charge in [-0.05, 0) is 25.0 Å². The summed E-state index contributed by atoms with van der Waals surface area (Å²) in [6, 6.07) is 4.32. The Bertz CT molecular complexity index is 516. The zero-order chi connectivity index (χ0) is 14.5. The molecule has 1 saturated carbocycles. The van der Waals surface area contributed by atoms with E-state index in [-0.39, 0.29) is 23.4 Å². The lowest BCUT2D eigenvalue weighted by Crippen LogP contribution is -2.39. The first kappa shape index (κ1) is 14.8. The van der Waals surface area contributed by atoms with Crippen molar-refractivity contribution in [1.29, 1.82) is 0 Å². The summed E-state index contributed by atoms with van der Waals surface area (Å²) in [5.41, 5.74) is 0.0738. The van der Waals surface area contributed by atoms with Crippen LogP contribution in [0.25, 0.3) is 0 Å². The van der Waals surface area contributed by atoms with Crippen molar-refractivity contribution in [2.24, 2.45) is 0 Å². The highest BCUT2D eigenvalue weighted by Crippen LogP contribution is 2.28. The average Bonchev–Trinajstić information content (AvgIpc) is 2.41. The Morgan fingerprint density at radius 2 is 2.00 bits per heavy atom. The Balaban J connectivity index is 2.01. The van der Waals surface area contributed by atoms with Crippen LogP contribution < -0.4 is 10.6 Å². The van der Waals surface area contributed by atoms with Crippen molar-refractivity contribution in [2.45, 2.75) is 38.1 Å². The molecule has 108 valence electrons. The largest absolute Gasteiger partial charge is 0.335 e. The molecule has 6 nitrogen and oxygen atoms in total. The third-order valence-corrected chi connectivity index (χ3v) is 3.84. The molecule has 0 heterocycles. The van der Waals surface area contributed by atoms with Gasteiger partial charge >= 0.3 is 6.03 Å². The van der Waals surface area contributed by atoms with Crippen LogP contribution in [0.4, 0.5) is 16.2 Å². The number of anilines is 1. The molecule has 0 aromatic heterocycles. The van der Waals surface area contributed by atoms with E-state index in [0.29, 0.717) is 4.47 Å². The number of nitro benzene ring substituents is 1. The van der Waals surface area contributed by atoms with Gasteiger partial charge < -0.3 is 10.6 Å². The molecule has 0 saturated heterocycles. The van der Waals surface area contributed by atoms with Crippen molar-refractivity contribution in [3.8, 4) is 0 Å². The van der Waals surface area contributed by atoms with Gasteiger partial charge in [0.25, 0.3) is 5.69 Å². The summed E-state index contributed by atoms with van der Waals surface area (Å²) < 4.78 is 0.599. The number of halogens is 1. The second kappa shape index (κ2) is 6.69. The van der Waals surface area contributed by atoms with Gasteiger partial charge in [-0.2, -0.15) is 0 Å². The molecule has 0 aliphatic heterocycles. The fourth-order valence-electron chi connectivity index (χ4n) is 2.35. The molecule has 0 bridgehead atoms. The number of nitrogens with zero attached hydrogens (tertiary/aromatic N) is 1. The van der Waals surface area contributed by atoms with E-state index in [4.69, 9.17) is 0 Å². The van der Waals surface area contributed by atoms with E-state index in [1.54, 1.807) is 6.07 Å². The fraction of sp³-hybridized carbons (Fsp3) is 0.462. The number of hydrogen-bond acceptors (Lipinski definition) is 3. The zero-order valence-electron chi connectivity index (χ0n) is 10.9. The predicted octanol–water partition coefficient (Wildman–Crippen LogP) is 3.81. The maximum absolute atomic E-state index is 11.9. The van der Waals surface area contributed by atoms with Gasteiger partial charge in [0.2, 0.25) is 0 Å². The highest BCUT2D eigenvalue weighted by atomic mass is 79.9. The topological polar surface area (TPSA) is 84.3 Å². The summed E-state index contributed by atoms with van der Waals surface area (Å²) in [4.78, 5) is 22.3. The lowest BCUT2D eigenvalue weighted by atomic mass is 9.96. The minimum absolute atomic E-state index is 0.127. The predicted molar refractivity (Wildman–Crippen MR) is 79.8 cm³/mol. The van der Waals surface area contributed by atoms with Crippen LogP contribution in [0.5, 0.6) is 0 Å². The zero-order valence-corrected chi connectivity index (χ0v) is 12.5. The van der Waals surface area contributed by atoms with Gasteiger partial charge in [-0.3, -0.25) is 10.1 Å². The van der Waals surface area contributed by atoms with Crippen molar-refractivity contribution in [3.63, 3.8) is 0 Å². The second-order valence-corrected chi connectivity index (χ2v) is 5.77. The van der Waals surface area contributed by atoms with Crippen molar-refractivity contribution >= 4 is 33.3 Å². The molecule has 7 heteroatoms. The van der Waals surface area contributed by atoms with E-state index >= 15 is 0 Å². The minimum atomic E-state index is -0.513. The minimum Gasteiger partial charge on any atom is -0.335 e. The van der Waals surface area contributed by atoms with E-state index < -0.39 is 4.92 Å². The standard InChI is InChI=1S/C13H16BrN3O3/c14-9-6-7-11(12(8-9)17(19)20)16-13(18)15-10-4-2-1-3-5-10/h6-8,10H,1-5H2,(H2,15,16,18). The Morgan fingerprint density at radius 3 is 2.65 bits per heavy atom. The maximum Gasteiger partial charge on any atom is 0.319 e. The SMILES string of the molecule is O=C(Nc1ccc(Br)cc1[N+](=O)[O-])NC1CCCCC1. The van der Waals surface area contributed by atoms with E-state index in [1.165, 1.54) is 18.6 Å². The summed E-state index contributed by atoms with van der Waals surface area (Å²) in [6.07, 6.45) is 5.37. The number of carbonyl (C=O) groups is 1. The van der Waals surface area contributed by atoms with Crippen LogP contribution in [0.15, 0.2) is 22.7 Å². The average molecular weight is 342 g/mol. The third-order valence-electron chi connectivity index (χ3n) is 3.35. The van der Waals surface area contributed by atoms with Crippen LogP contribution >= 0.6 is 15.9 Å². The third kappa shape index (κ3) is 3.93. The van der Waals surface area contributed by atoms with Gasteiger partial charge in [0.1, 0.15) is 5.69 Å². The molecule has 1 aliphatic carbocycles.